The molecule has 2 aromatic rings. The highest BCUT2D eigenvalue weighted by molar-refractivity contribution is 5.93. The number of amides is 2. The van der Waals surface area contributed by atoms with Gasteiger partial charge in [0.25, 0.3) is 11.8 Å². The standard InChI is InChI=1S/C19H23N7O2/c27-18(17-24-23-16-3-1-2-8-26(16)17)22-15-11-25(10-13(15)12-4-5-12)19(28)14-9-20-6-7-21-14/h6-7,9,12-13,15H,1-5,8,10-11H2,(H,22,27)/t13-,15+/m1/s1. The van der Waals surface area contributed by atoms with Crippen LogP contribution in [0.3, 0.4) is 0 Å². The third-order valence-electron chi connectivity index (χ3n) is 6.04. The van der Waals surface area contributed by atoms with Gasteiger partial charge in [-0.3, -0.25) is 14.6 Å². The normalized spacial score (nSPS) is 24.1. The fourth-order valence-electron chi connectivity index (χ4n) is 4.43. The lowest BCUT2D eigenvalue weighted by Gasteiger charge is -2.20. The predicted molar refractivity (Wildman–Crippen MR) is 98.4 cm³/mol. The first-order chi connectivity index (χ1) is 13.7. The average molecular weight is 381 g/mol. The summed E-state index contributed by atoms with van der Waals surface area (Å²) in [7, 11) is 0. The molecule has 0 aromatic carbocycles. The minimum atomic E-state index is -0.190. The van der Waals surface area contributed by atoms with Crippen LogP contribution in [-0.2, 0) is 13.0 Å². The topological polar surface area (TPSA) is 106 Å². The Hall–Kier alpha value is -2.84. The molecule has 1 saturated carbocycles. The van der Waals surface area contributed by atoms with E-state index < -0.39 is 0 Å². The van der Waals surface area contributed by atoms with E-state index in [4.69, 9.17) is 0 Å². The number of nitrogens with zero attached hydrogens (tertiary/aromatic N) is 6. The molecule has 2 amide bonds. The molecule has 2 fully saturated rings. The first kappa shape index (κ1) is 17.3. The lowest BCUT2D eigenvalue weighted by molar-refractivity contribution is 0.0773. The van der Waals surface area contributed by atoms with Gasteiger partial charge in [0.15, 0.2) is 0 Å². The van der Waals surface area contributed by atoms with Crippen LogP contribution in [0.25, 0.3) is 0 Å². The number of hydrogen-bond donors (Lipinski definition) is 1. The molecule has 1 N–H and O–H groups in total. The maximum atomic E-state index is 12.9. The smallest absolute Gasteiger partial charge is 0.289 e. The maximum absolute atomic E-state index is 12.9. The third-order valence-corrected chi connectivity index (χ3v) is 6.04. The summed E-state index contributed by atoms with van der Waals surface area (Å²) >= 11 is 0. The van der Waals surface area contributed by atoms with Crippen molar-refractivity contribution in [3.8, 4) is 0 Å². The second kappa shape index (κ2) is 6.96. The molecule has 1 saturated heterocycles. The quantitative estimate of drug-likeness (QED) is 0.835. The summed E-state index contributed by atoms with van der Waals surface area (Å²) in [4.78, 5) is 35.6. The van der Waals surface area contributed by atoms with Crippen LogP contribution in [0.5, 0.6) is 0 Å². The Balaban J connectivity index is 1.32. The van der Waals surface area contributed by atoms with Crippen molar-refractivity contribution in [2.24, 2.45) is 11.8 Å². The second-order valence-corrected chi connectivity index (χ2v) is 7.93. The van der Waals surface area contributed by atoms with Gasteiger partial charge in [0.05, 0.1) is 12.2 Å². The number of fused-ring (bicyclic) bond motifs is 1. The van der Waals surface area contributed by atoms with Crippen molar-refractivity contribution in [2.45, 2.75) is 44.7 Å². The van der Waals surface area contributed by atoms with Crippen LogP contribution in [0.1, 0.15) is 52.6 Å². The van der Waals surface area contributed by atoms with E-state index in [0.717, 1.165) is 44.5 Å². The number of likely N-dealkylation sites (tertiary alicyclic amines) is 1. The minimum Gasteiger partial charge on any atom is -0.344 e. The Kier molecular flexibility index (Phi) is 4.29. The van der Waals surface area contributed by atoms with Gasteiger partial charge in [0, 0.05) is 44.4 Å². The number of rotatable bonds is 4. The van der Waals surface area contributed by atoms with E-state index in [9.17, 15) is 9.59 Å². The molecule has 0 spiro atoms. The van der Waals surface area contributed by atoms with E-state index in [1.807, 2.05) is 4.57 Å². The summed E-state index contributed by atoms with van der Waals surface area (Å²) < 4.78 is 1.93. The van der Waals surface area contributed by atoms with Crippen molar-refractivity contribution < 1.29 is 9.59 Å². The Labute approximate surface area is 162 Å². The number of carbonyl (C=O) groups is 2. The van der Waals surface area contributed by atoms with Crippen molar-refractivity contribution in [3.63, 3.8) is 0 Å². The summed E-state index contributed by atoms with van der Waals surface area (Å²) in [6.07, 6.45) is 9.88. The molecular formula is C19H23N7O2. The third kappa shape index (κ3) is 3.14. The first-order valence-corrected chi connectivity index (χ1v) is 9.99. The van der Waals surface area contributed by atoms with Gasteiger partial charge in [0.2, 0.25) is 5.82 Å². The van der Waals surface area contributed by atoms with Crippen molar-refractivity contribution in [1.82, 2.24) is 34.9 Å². The number of nitrogens with one attached hydrogen (secondary N) is 1. The highest BCUT2D eigenvalue weighted by Gasteiger charge is 2.45. The van der Waals surface area contributed by atoms with Crippen molar-refractivity contribution in [3.05, 3.63) is 35.9 Å². The molecule has 0 radical (unpaired) electrons. The number of carbonyl (C=O) groups excluding carboxylic acids is 2. The zero-order valence-corrected chi connectivity index (χ0v) is 15.6. The fourth-order valence-corrected chi connectivity index (χ4v) is 4.43. The van der Waals surface area contributed by atoms with Crippen LogP contribution >= 0.6 is 0 Å². The molecule has 2 aliphatic heterocycles. The number of hydrogen-bond acceptors (Lipinski definition) is 6. The monoisotopic (exact) mass is 381 g/mol. The van der Waals surface area contributed by atoms with Gasteiger partial charge in [0.1, 0.15) is 11.5 Å². The summed E-state index contributed by atoms with van der Waals surface area (Å²) in [6, 6.07) is -0.0721. The lowest BCUT2D eigenvalue weighted by Crippen LogP contribution is -2.42. The lowest BCUT2D eigenvalue weighted by atomic mass is 9.98. The van der Waals surface area contributed by atoms with Gasteiger partial charge in [-0.25, -0.2) is 4.98 Å². The Morgan fingerprint density at radius 2 is 2.00 bits per heavy atom. The van der Waals surface area contributed by atoms with E-state index in [-0.39, 0.29) is 23.8 Å². The van der Waals surface area contributed by atoms with Crippen LogP contribution in [-0.4, -0.2) is 60.6 Å². The second-order valence-electron chi connectivity index (χ2n) is 7.93. The van der Waals surface area contributed by atoms with E-state index in [1.54, 1.807) is 11.1 Å². The average Bonchev–Trinajstić information content (AvgIpc) is 3.34. The summed E-state index contributed by atoms with van der Waals surface area (Å²) in [5.74, 6) is 1.80. The molecule has 2 aromatic heterocycles. The Morgan fingerprint density at radius 3 is 2.79 bits per heavy atom. The largest absolute Gasteiger partial charge is 0.344 e. The van der Waals surface area contributed by atoms with Gasteiger partial charge < -0.3 is 14.8 Å². The SMILES string of the molecule is O=C(N[C@H]1CN(C(=O)c2cnccn2)C[C@@H]1C1CC1)c1nnc2n1CCCC2. The van der Waals surface area contributed by atoms with E-state index in [0.29, 0.717) is 30.5 Å². The predicted octanol–water partition coefficient (Wildman–Crippen LogP) is 0.685. The molecule has 0 bridgehead atoms. The number of aromatic nitrogens is 5. The van der Waals surface area contributed by atoms with Gasteiger partial charge in [-0.05, 0) is 31.6 Å². The molecule has 9 nitrogen and oxygen atoms in total. The molecule has 1 aliphatic carbocycles. The molecule has 28 heavy (non-hydrogen) atoms. The van der Waals surface area contributed by atoms with E-state index in [1.165, 1.54) is 12.4 Å². The minimum absolute atomic E-state index is 0.0721. The van der Waals surface area contributed by atoms with Crippen LogP contribution in [0.4, 0.5) is 0 Å². The highest BCUT2D eigenvalue weighted by atomic mass is 16.2. The van der Waals surface area contributed by atoms with Crippen LogP contribution in [0, 0.1) is 11.8 Å². The van der Waals surface area contributed by atoms with Crippen LogP contribution in [0.15, 0.2) is 18.6 Å². The molecule has 0 unspecified atom stereocenters. The highest BCUT2D eigenvalue weighted by Crippen LogP contribution is 2.41. The molecule has 3 aliphatic rings. The first-order valence-electron chi connectivity index (χ1n) is 9.99. The maximum Gasteiger partial charge on any atom is 0.289 e. The summed E-state index contributed by atoms with van der Waals surface area (Å²) in [5.41, 5.74) is 0.343. The number of aryl methyl sites for hydroxylation is 1. The molecule has 146 valence electrons. The summed E-state index contributed by atoms with van der Waals surface area (Å²) in [5, 5.41) is 11.5. The summed E-state index contributed by atoms with van der Waals surface area (Å²) in [6.45, 7) is 1.92. The Morgan fingerprint density at radius 1 is 1.11 bits per heavy atom. The van der Waals surface area contributed by atoms with E-state index in [2.05, 4.69) is 25.5 Å². The van der Waals surface area contributed by atoms with Crippen LogP contribution in [0.2, 0.25) is 0 Å². The molecule has 5 rings (SSSR count). The fraction of sp³-hybridized carbons (Fsp3) is 0.579. The van der Waals surface area contributed by atoms with Gasteiger partial charge in [-0.15, -0.1) is 10.2 Å². The molecule has 9 heteroatoms. The Bertz CT molecular complexity index is 893. The zero-order valence-electron chi connectivity index (χ0n) is 15.6. The molecule has 4 heterocycles. The molecule has 2 atom stereocenters. The van der Waals surface area contributed by atoms with E-state index >= 15 is 0 Å². The van der Waals surface area contributed by atoms with Gasteiger partial charge in [-0.1, -0.05) is 0 Å². The molecular weight excluding hydrogens is 358 g/mol. The van der Waals surface area contributed by atoms with Gasteiger partial charge in [-0.2, -0.15) is 0 Å². The zero-order chi connectivity index (χ0) is 19.1. The van der Waals surface area contributed by atoms with Crippen molar-refractivity contribution >= 4 is 11.8 Å². The van der Waals surface area contributed by atoms with Crippen molar-refractivity contribution in [2.75, 3.05) is 13.1 Å². The van der Waals surface area contributed by atoms with Crippen molar-refractivity contribution in [1.29, 1.82) is 0 Å². The van der Waals surface area contributed by atoms with Gasteiger partial charge >= 0.3 is 0 Å². The van der Waals surface area contributed by atoms with Crippen LogP contribution < -0.4 is 5.32 Å².